The third-order valence-electron chi connectivity index (χ3n) is 2.86. The van der Waals surface area contributed by atoms with Crippen LogP contribution in [-0.4, -0.2) is 17.4 Å². The molecule has 1 aromatic carbocycles. The van der Waals surface area contributed by atoms with Crippen molar-refractivity contribution in [3.05, 3.63) is 40.1 Å². The molecule has 1 heterocycles. The number of amides is 1. The van der Waals surface area contributed by atoms with Gasteiger partial charge >= 0.3 is 0 Å². The molecule has 112 valence electrons. The van der Waals surface area contributed by atoms with Crippen LogP contribution in [0.4, 0.5) is 15.2 Å². The van der Waals surface area contributed by atoms with Crippen molar-refractivity contribution < 1.29 is 9.18 Å². The van der Waals surface area contributed by atoms with Crippen molar-refractivity contribution in [1.29, 1.82) is 0 Å². The average molecular weight is 328 g/mol. The molecule has 0 aliphatic carbocycles. The van der Waals surface area contributed by atoms with Gasteiger partial charge in [0.1, 0.15) is 5.82 Å². The molecule has 0 saturated carbocycles. The fraction of sp³-hybridized carbons (Fsp3) is 0.286. The van der Waals surface area contributed by atoms with Crippen molar-refractivity contribution in [2.24, 2.45) is 0 Å². The number of carbonyl (C=O) groups excluding carboxylic acids is 1. The molecule has 2 aromatic rings. The first-order valence-corrected chi connectivity index (χ1v) is 7.68. The van der Waals surface area contributed by atoms with Crippen LogP contribution in [0.2, 0.25) is 5.02 Å². The molecule has 0 saturated heterocycles. The minimum Gasteiger partial charge on any atom is -0.378 e. The van der Waals surface area contributed by atoms with Gasteiger partial charge in [-0.15, -0.1) is 11.3 Å². The summed E-state index contributed by atoms with van der Waals surface area (Å²) in [7, 11) is 0. The molecule has 0 unspecified atom stereocenters. The smallest absolute Gasteiger partial charge is 0.225 e. The number of hydrogen-bond donors (Lipinski definition) is 1. The molecule has 2 rings (SSSR count). The predicted molar refractivity (Wildman–Crippen MR) is 84.6 cm³/mol. The largest absolute Gasteiger partial charge is 0.378 e. The van der Waals surface area contributed by atoms with Crippen LogP contribution in [0.25, 0.3) is 0 Å². The van der Waals surface area contributed by atoms with Gasteiger partial charge in [-0.05, 0) is 25.1 Å². The Balaban J connectivity index is 2.06. The van der Waals surface area contributed by atoms with Crippen molar-refractivity contribution in [3.8, 4) is 0 Å². The molecular weight excluding hydrogens is 313 g/mol. The number of hydrogen-bond acceptors (Lipinski definition) is 4. The van der Waals surface area contributed by atoms with E-state index in [1.165, 1.54) is 36.5 Å². The second-order valence-corrected chi connectivity index (χ2v) is 5.61. The lowest BCUT2D eigenvalue weighted by atomic mass is 10.3. The second kappa shape index (κ2) is 6.87. The quantitative estimate of drug-likeness (QED) is 0.905. The van der Waals surface area contributed by atoms with Crippen molar-refractivity contribution >= 4 is 39.7 Å². The zero-order valence-corrected chi connectivity index (χ0v) is 13.3. The number of rotatable bonds is 5. The summed E-state index contributed by atoms with van der Waals surface area (Å²) in [5, 5.41) is 6.01. The van der Waals surface area contributed by atoms with Crippen LogP contribution in [0.1, 0.15) is 19.5 Å². The average Bonchev–Trinajstić information content (AvgIpc) is 2.89. The molecule has 0 aliphatic heterocycles. The SMILES string of the molecule is CCN(C(C)=O)c1nc(CNc2cc(F)ccc2Cl)cs1. The highest BCUT2D eigenvalue weighted by molar-refractivity contribution is 7.14. The van der Waals surface area contributed by atoms with Crippen LogP contribution in [0.5, 0.6) is 0 Å². The molecule has 0 spiro atoms. The van der Waals surface area contributed by atoms with E-state index < -0.39 is 0 Å². The van der Waals surface area contributed by atoms with Crippen molar-refractivity contribution in [3.63, 3.8) is 0 Å². The van der Waals surface area contributed by atoms with E-state index in [1.54, 1.807) is 4.90 Å². The summed E-state index contributed by atoms with van der Waals surface area (Å²) in [6.45, 7) is 4.39. The zero-order valence-electron chi connectivity index (χ0n) is 11.7. The third kappa shape index (κ3) is 3.92. The van der Waals surface area contributed by atoms with Gasteiger partial charge in [0.25, 0.3) is 0 Å². The molecule has 0 aliphatic rings. The predicted octanol–water partition coefficient (Wildman–Crippen LogP) is 3.92. The Morgan fingerprint density at radius 3 is 2.95 bits per heavy atom. The Morgan fingerprint density at radius 1 is 1.52 bits per heavy atom. The van der Waals surface area contributed by atoms with Crippen LogP contribution in [-0.2, 0) is 11.3 Å². The van der Waals surface area contributed by atoms with Gasteiger partial charge in [0.15, 0.2) is 5.13 Å². The Hall–Kier alpha value is -1.66. The number of thiazole rings is 1. The summed E-state index contributed by atoms with van der Waals surface area (Å²) < 4.78 is 13.2. The first-order valence-electron chi connectivity index (χ1n) is 6.42. The van der Waals surface area contributed by atoms with Gasteiger partial charge in [-0.2, -0.15) is 0 Å². The number of aromatic nitrogens is 1. The van der Waals surface area contributed by atoms with Crippen molar-refractivity contribution in [2.75, 3.05) is 16.8 Å². The topological polar surface area (TPSA) is 45.2 Å². The Labute approximate surface area is 131 Å². The monoisotopic (exact) mass is 327 g/mol. The number of anilines is 2. The highest BCUT2D eigenvalue weighted by Crippen LogP contribution is 2.25. The fourth-order valence-electron chi connectivity index (χ4n) is 1.81. The van der Waals surface area contributed by atoms with Crippen LogP contribution in [0.3, 0.4) is 0 Å². The summed E-state index contributed by atoms with van der Waals surface area (Å²) in [6, 6.07) is 4.14. The normalized spacial score (nSPS) is 10.5. The van der Waals surface area contributed by atoms with E-state index in [2.05, 4.69) is 10.3 Å². The minimum absolute atomic E-state index is 0.0421. The summed E-state index contributed by atoms with van der Waals surface area (Å²) in [5.74, 6) is -0.394. The van der Waals surface area contributed by atoms with Crippen LogP contribution >= 0.6 is 22.9 Å². The number of halogens is 2. The molecule has 0 bridgehead atoms. The van der Waals surface area contributed by atoms with Crippen LogP contribution < -0.4 is 10.2 Å². The standard InChI is InChI=1S/C14H15ClFN3OS/c1-3-19(9(2)20)14-18-11(8-21-14)7-17-13-6-10(16)4-5-12(13)15/h4-6,8,17H,3,7H2,1-2H3. The van der Waals surface area contributed by atoms with Gasteiger partial charge in [0.2, 0.25) is 5.91 Å². The van der Waals surface area contributed by atoms with E-state index in [9.17, 15) is 9.18 Å². The van der Waals surface area contributed by atoms with E-state index in [-0.39, 0.29) is 11.7 Å². The minimum atomic E-state index is -0.352. The first kappa shape index (κ1) is 15.7. The Kier molecular flexibility index (Phi) is 5.14. The van der Waals surface area contributed by atoms with Crippen molar-refractivity contribution in [1.82, 2.24) is 4.98 Å². The molecule has 1 N–H and O–H groups in total. The molecular formula is C14H15ClFN3OS. The zero-order chi connectivity index (χ0) is 15.4. The van der Waals surface area contributed by atoms with E-state index >= 15 is 0 Å². The summed E-state index contributed by atoms with van der Waals surface area (Å²) in [6.07, 6.45) is 0. The lowest BCUT2D eigenvalue weighted by Gasteiger charge is -2.14. The lowest BCUT2D eigenvalue weighted by Crippen LogP contribution is -2.27. The summed E-state index contributed by atoms with van der Waals surface area (Å²) in [4.78, 5) is 17.5. The molecule has 0 radical (unpaired) electrons. The summed E-state index contributed by atoms with van der Waals surface area (Å²) >= 11 is 7.38. The van der Waals surface area contributed by atoms with Gasteiger partial charge in [0, 0.05) is 18.8 Å². The van der Waals surface area contributed by atoms with Gasteiger partial charge in [0.05, 0.1) is 22.9 Å². The molecule has 1 aromatic heterocycles. The molecule has 7 heteroatoms. The fourth-order valence-corrected chi connectivity index (χ4v) is 2.93. The van der Waals surface area contributed by atoms with Crippen molar-refractivity contribution in [2.45, 2.75) is 20.4 Å². The van der Waals surface area contributed by atoms with Gasteiger partial charge < -0.3 is 5.32 Å². The van der Waals surface area contributed by atoms with E-state index in [0.29, 0.717) is 28.9 Å². The number of nitrogens with zero attached hydrogens (tertiary/aromatic N) is 2. The van der Waals surface area contributed by atoms with E-state index in [1.807, 2.05) is 12.3 Å². The maximum absolute atomic E-state index is 13.2. The second-order valence-electron chi connectivity index (χ2n) is 4.36. The summed E-state index contributed by atoms with van der Waals surface area (Å²) in [5.41, 5.74) is 1.29. The molecule has 0 fully saturated rings. The lowest BCUT2D eigenvalue weighted by molar-refractivity contribution is -0.116. The Morgan fingerprint density at radius 2 is 2.29 bits per heavy atom. The van der Waals surface area contributed by atoms with Crippen LogP contribution in [0.15, 0.2) is 23.6 Å². The van der Waals surface area contributed by atoms with Crippen LogP contribution in [0, 0.1) is 5.82 Å². The molecule has 21 heavy (non-hydrogen) atoms. The number of carbonyl (C=O) groups is 1. The Bertz CT molecular complexity index is 647. The number of benzene rings is 1. The van der Waals surface area contributed by atoms with Gasteiger partial charge in [-0.25, -0.2) is 9.37 Å². The highest BCUT2D eigenvalue weighted by Gasteiger charge is 2.13. The third-order valence-corrected chi connectivity index (χ3v) is 4.10. The number of nitrogens with one attached hydrogen (secondary N) is 1. The van der Waals surface area contributed by atoms with Gasteiger partial charge in [-0.1, -0.05) is 11.6 Å². The van der Waals surface area contributed by atoms with E-state index in [4.69, 9.17) is 11.6 Å². The molecule has 1 amide bonds. The first-order chi connectivity index (χ1) is 10.0. The van der Waals surface area contributed by atoms with Gasteiger partial charge in [-0.3, -0.25) is 9.69 Å². The maximum Gasteiger partial charge on any atom is 0.225 e. The highest BCUT2D eigenvalue weighted by atomic mass is 35.5. The maximum atomic E-state index is 13.2. The molecule has 4 nitrogen and oxygen atoms in total. The van der Waals surface area contributed by atoms with E-state index in [0.717, 1.165) is 5.69 Å². The molecule has 0 atom stereocenters.